The van der Waals surface area contributed by atoms with Gasteiger partial charge in [-0.1, -0.05) is 18.2 Å². The van der Waals surface area contributed by atoms with Crippen molar-refractivity contribution in [1.82, 2.24) is 9.97 Å². The molecule has 0 atom stereocenters. The largest absolute Gasteiger partial charge is 0.465 e. The number of benzene rings is 2. The van der Waals surface area contributed by atoms with E-state index in [1.54, 1.807) is 50.2 Å². The molecule has 9 heteroatoms. The van der Waals surface area contributed by atoms with Gasteiger partial charge in [-0.05, 0) is 49.7 Å². The number of oxazole rings is 1. The first-order chi connectivity index (χ1) is 15.4. The van der Waals surface area contributed by atoms with Crippen LogP contribution in [-0.4, -0.2) is 28.0 Å². The second-order valence-electron chi connectivity index (χ2n) is 7.25. The third kappa shape index (κ3) is 4.00. The van der Waals surface area contributed by atoms with Gasteiger partial charge in [0.1, 0.15) is 5.52 Å². The van der Waals surface area contributed by atoms with E-state index in [-0.39, 0.29) is 11.5 Å². The number of esters is 1. The lowest BCUT2D eigenvalue weighted by Gasteiger charge is -2.09. The summed E-state index contributed by atoms with van der Waals surface area (Å²) in [6, 6.07) is 14.0. The quantitative estimate of drug-likeness (QED) is 0.262. The van der Waals surface area contributed by atoms with E-state index < -0.39 is 10.9 Å². The van der Waals surface area contributed by atoms with Gasteiger partial charge in [0.25, 0.3) is 0 Å². The van der Waals surface area contributed by atoms with Crippen molar-refractivity contribution in [2.45, 2.75) is 20.4 Å². The van der Waals surface area contributed by atoms with Gasteiger partial charge >= 0.3 is 11.7 Å². The summed E-state index contributed by atoms with van der Waals surface area (Å²) in [6.45, 7) is 3.79. The number of rotatable bonds is 6. The fourth-order valence-corrected chi connectivity index (χ4v) is 3.53. The van der Waals surface area contributed by atoms with Crippen LogP contribution in [0.2, 0.25) is 0 Å². The Morgan fingerprint density at radius 1 is 1.16 bits per heavy atom. The molecule has 2 heterocycles. The summed E-state index contributed by atoms with van der Waals surface area (Å²) in [5.41, 5.74) is 4.08. The van der Waals surface area contributed by atoms with Crippen LogP contribution in [0.15, 0.2) is 52.9 Å². The van der Waals surface area contributed by atoms with Crippen LogP contribution >= 0.6 is 0 Å². The third-order valence-corrected chi connectivity index (χ3v) is 4.97. The maximum Gasteiger partial charge on any atom is 0.338 e. The Bertz CT molecular complexity index is 1350. The van der Waals surface area contributed by atoms with Gasteiger partial charge in [0.2, 0.25) is 11.7 Å². The van der Waals surface area contributed by atoms with Crippen LogP contribution in [-0.2, 0) is 11.3 Å². The fraction of sp³-hybridized carbons (Fsp3) is 0.174. The Hall–Kier alpha value is -4.27. The van der Waals surface area contributed by atoms with E-state index in [4.69, 9.17) is 9.15 Å². The number of pyridine rings is 1. The van der Waals surface area contributed by atoms with E-state index in [0.717, 1.165) is 5.56 Å². The topological polar surface area (TPSA) is 120 Å². The van der Waals surface area contributed by atoms with Crippen LogP contribution in [0.4, 0.5) is 11.5 Å². The van der Waals surface area contributed by atoms with Crippen molar-refractivity contribution >= 4 is 28.6 Å². The lowest BCUT2D eigenvalue weighted by Crippen LogP contribution is -2.07. The minimum absolute atomic E-state index is 0.0418. The molecule has 0 bridgehead atoms. The molecule has 0 spiro atoms. The second kappa shape index (κ2) is 8.46. The fourth-order valence-electron chi connectivity index (χ4n) is 3.53. The number of nitrogens with zero attached hydrogens (tertiary/aromatic N) is 3. The number of aryl methyl sites for hydroxylation is 2. The van der Waals surface area contributed by atoms with Crippen LogP contribution < -0.4 is 5.32 Å². The first-order valence-corrected chi connectivity index (χ1v) is 9.81. The summed E-state index contributed by atoms with van der Waals surface area (Å²) >= 11 is 0. The molecule has 0 aliphatic rings. The summed E-state index contributed by atoms with van der Waals surface area (Å²) in [5.74, 6) is 0.0495. The van der Waals surface area contributed by atoms with Gasteiger partial charge in [-0.3, -0.25) is 10.1 Å². The van der Waals surface area contributed by atoms with Gasteiger partial charge in [0.15, 0.2) is 5.58 Å². The highest BCUT2D eigenvalue weighted by atomic mass is 16.6. The number of methoxy groups -OCH3 is 1. The van der Waals surface area contributed by atoms with E-state index in [0.29, 0.717) is 45.9 Å². The number of nitro groups is 1. The molecule has 0 saturated heterocycles. The van der Waals surface area contributed by atoms with E-state index in [2.05, 4.69) is 15.3 Å². The zero-order chi connectivity index (χ0) is 22.8. The molecule has 0 amide bonds. The van der Waals surface area contributed by atoms with Gasteiger partial charge in [-0.2, -0.15) is 0 Å². The first kappa shape index (κ1) is 21.0. The Kier molecular flexibility index (Phi) is 5.55. The predicted molar refractivity (Wildman–Crippen MR) is 118 cm³/mol. The highest BCUT2D eigenvalue weighted by molar-refractivity contribution is 5.96. The van der Waals surface area contributed by atoms with Gasteiger partial charge in [-0.15, -0.1) is 0 Å². The molecule has 0 fully saturated rings. The molecular weight excluding hydrogens is 412 g/mol. The van der Waals surface area contributed by atoms with E-state index in [1.807, 2.05) is 12.1 Å². The Morgan fingerprint density at radius 3 is 2.69 bits per heavy atom. The number of ether oxygens (including phenoxy) is 1. The zero-order valence-corrected chi connectivity index (χ0v) is 17.7. The van der Waals surface area contributed by atoms with Gasteiger partial charge < -0.3 is 14.5 Å². The third-order valence-electron chi connectivity index (χ3n) is 4.97. The Balaban J connectivity index is 1.63. The average molecular weight is 432 g/mol. The second-order valence-corrected chi connectivity index (χ2v) is 7.25. The zero-order valence-electron chi connectivity index (χ0n) is 17.7. The van der Waals surface area contributed by atoms with Crippen LogP contribution in [0.3, 0.4) is 0 Å². The molecule has 0 radical (unpaired) electrons. The van der Waals surface area contributed by atoms with Crippen molar-refractivity contribution in [3.8, 4) is 11.5 Å². The summed E-state index contributed by atoms with van der Waals surface area (Å²) in [4.78, 5) is 31.9. The molecule has 2 aromatic carbocycles. The summed E-state index contributed by atoms with van der Waals surface area (Å²) in [5, 5.41) is 14.5. The summed E-state index contributed by atoms with van der Waals surface area (Å²) < 4.78 is 10.7. The highest BCUT2D eigenvalue weighted by Crippen LogP contribution is 2.30. The number of hydrogen-bond donors (Lipinski definition) is 1. The molecular formula is C23H20N4O5. The smallest absolute Gasteiger partial charge is 0.338 e. The summed E-state index contributed by atoms with van der Waals surface area (Å²) in [7, 11) is 1.32. The normalized spacial score (nSPS) is 10.8. The molecule has 0 saturated carbocycles. The lowest BCUT2D eigenvalue weighted by molar-refractivity contribution is -0.384. The van der Waals surface area contributed by atoms with Crippen LogP contribution in [0.5, 0.6) is 0 Å². The molecule has 4 rings (SSSR count). The predicted octanol–water partition coefficient (Wildman–Crippen LogP) is 4.81. The minimum atomic E-state index is -0.477. The SMILES string of the molecule is COC(=O)c1ccccc1-c1nc2cc(CNc3nc(C)cc(C)c3[N+](=O)[O-])ccc2o1. The Labute approximate surface area is 183 Å². The van der Waals surface area contributed by atoms with Crippen molar-refractivity contribution in [2.75, 3.05) is 12.4 Å². The average Bonchev–Trinajstić information content (AvgIpc) is 3.19. The number of carbonyl (C=O) groups is 1. The molecule has 0 aliphatic heterocycles. The maximum absolute atomic E-state index is 12.1. The van der Waals surface area contributed by atoms with Crippen LogP contribution in [0.1, 0.15) is 27.2 Å². The molecule has 32 heavy (non-hydrogen) atoms. The first-order valence-electron chi connectivity index (χ1n) is 9.81. The number of hydrogen-bond acceptors (Lipinski definition) is 8. The van der Waals surface area contributed by atoms with Crippen LogP contribution in [0, 0.1) is 24.0 Å². The van der Waals surface area contributed by atoms with E-state index in [9.17, 15) is 14.9 Å². The van der Waals surface area contributed by atoms with Crippen molar-refractivity contribution in [2.24, 2.45) is 0 Å². The minimum Gasteiger partial charge on any atom is -0.465 e. The van der Waals surface area contributed by atoms with Crippen molar-refractivity contribution in [3.63, 3.8) is 0 Å². The van der Waals surface area contributed by atoms with E-state index >= 15 is 0 Å². The number of aromatic nitrogens is 2. The van der Waals surface area contributed by atoms with Crippen molar-refractivity contribution in [3.05, 3.63) is 81.0 Å². The highest BCUT2D eigenvalue weighted by Gasteiger charge is 2.20. The van der Waals surface area contributed by atoms with Crippen molar-refractivity contribution < 1.29 is 18.9 Å². The number of fused-ring (bicyclic) bond motifs is 1. The molecule has 0 aliphatic carbocycles. The molecule has 9 nitrogen and oxygen atoms in total. The van der Waals surface area contributed by atoms with Gasteiger partial charge in [0.05, 0.1) is 23.2 Å². The lowest BCUT2D eigenvalue weighted by atomic mass is 10.1. The van der Waals surface area contributed by atoms with Gasteiger partial charge in [0, 0.05) is 17.8 Å². The van der Waals surface area contributed by atoms with Crippen LogP contribution in [0.25, 0.3) is 22.6 Å². The molecule has 162 valence electrons. The monoisotopic (exact) mass is 432 g/mol. The molecule has 4 aromatic rings. The van der Waals surface area contributed by atoms with Crippen molar-refractivity contribution in [1.29, 1.82) is 0 Å². The number of anilines is 1. The molecule has 2 aromatic heterocycles. The molecule has 0 unspecified atom stereocenters. The number of carbonyl (C=O) groups excluding carboxylic acids is 1. The Morgan fingerprint density at radius 2 is 1.94 bits per heavy atom. The number of nitrogens with one attached hydrogen (secondary N) is 1. The summed E-state index contributed by atoms with van der Waals surface area (Å²) in [6.07, 6.45) is 0. The van der Waals surface area contributed by atoms with E-state index in [1.165, 1.54) is 7.11 Å². The van der Waals surface area contributed by atoms with Gasteiger partial charge in [-0.25, -0.2) is 14.8 Å². The standard InChI is InChI=1S/C23H20N4O5/c1-13-10-14(2)25-21(20(13)27(29)30)24-12-15-8-9-19-18(11-15)26-22(32-19)16-6-4-5-7-17(16)23(28)31-3/h4-11H,12H2,1-3H3,(H,24,25). The molecule has 1 N–H and O–H groups in total. The maximum atomic E-state index is 12.1.